The second kappa shape index (κ2) is 10.4. The number of nitrogens with zero attached hydrogens (tertiary/aromatic N) is 5. The third-order valence-electron chi connectivity index (χ3n) is 8.68. The first-order valence-corrected chi connectivity index (χ1v) is 13.1. The fraction of sp³-hybridized carbons (Fsp3) is 0.960. The maximum Gasteiger partial charge on any atom is 0.410 e. The van der Waals surface area contributed by atoms with Gasteiger partial charge in [-0.05, 0) is 60.2 Å². The molecule has 4 aliphatic rings. The molecule has 0 radical (unpaired) electrons. The molecule has 1 amide bonds. The van der Waals surface area contributed by atoms with Crippen molar-refractivity contribution in [3.63, 3.8) is 0 Å². The lowest BCUT2D eigenvalue weighted by Crippen LogP contribution is -2.70. The van der Waals surface area contributed by atoms with E-state index in [1.807, 2.05) is 11.9 Å². The van der Waals surface area contributed by atoms with Gasteiger partial charge in [-0.1, -0.05) is 12.8 Å². The van der Waals surface area contributed by atoms with Crippen molar-refractivity contribution in [2.24, 2.45) is 5.92 Å². The van der Waals surface area contributed by atoms with Crippen LogP contribution in [-0.2, 0) is 4.74 Å². The number of likely N-dealkylation sites (tertiary alicyclic amines) is 1. The Hall–Kier alpha value is -0.930. The van der Waals surface area contributed by atoms with E-state index in [4.69, 9.17) is 4.74 Å². The Balaban J connectivity index is 1.28. The van der Waals surface area contributed by atoms with Crippen molar-refractivity contribution in [2.75, 3.05) is 73.5 Å². The largest absolute Gasteiger partial charge is 0.443 e. The van der Waals surface area contributed by atoms with Crippen LogP contribution in [-0.4, -0.2) is 139 Å². The maximum atomic E-state index is 13.1. The topological polar surface area (TPSA) is 62.7 Å². The van der Waals surface area contributed by atoms with Gasteiger partial charge in [-0.15, -0.1) is 0 Å². The van der Waals surface area contributed by atoms with E-state index < -0.39 is 5.60 Å². The van der Waals surface area contributed by atoms with Gasteiger partial charge in [0, 0.05) is 64.4 Å². The molecule has 3 saturated heterocycles. The van der Waals surface area contributed by atoms with Crippen molar-refractivity contribution in [1.82, 2.24) is 24.5 Å². The van der Waals surface area contributed by atoms with E-state index in [0.717, 1.165) is 13.0 Å². The second-order valence-corrected chi connectivity index (χ2v) is 11.8. The Morgan fingerprint density at radius 2 is 1.70 bits per heavy atom. The van der Waals surface area contributed by atoms with Crippen LogP contribution < -0.4 is 0 Å². The number of amides is 1. The summed E-state index contributed by atoms with van der Waals surface area (Å²) < 4.78 is 6.12. The fourth-order valence-corrected chi connectivity index (χ4v) is 6.67. The van der Waals surface area contributed by atoms with E-state index in [1.165, 1.54) is 51.9 Å². The zero-order chi connectivity index (χ0) is 23.8. The van der Waals surface area contributed by atoms with E-state index in [-0.39, 0.29) is 24.3 Å². The lowest BCUT2D eigenvalue weighted by molar-refractivity contribution is -0.0978. The van der Waals surface area contributed by atoms with Crippen LogP contribution in [0.2, 0.25) is 0 Å². The molecule has 0 bridgehead atoms. The number of carbonyl (C=O) groups is 1. The molecular formula is C25H47N5O3. The van der Waals surface area contributed by atoms with Crippen LogP contribution in [0.5, 0.6) is 0 Å². The SMILES string of the molecule is CN1CCN(C2CCCC(CC(C)(C)OC(=O)N3CCN(C)C(C4C(O)CN4C)C3)C2)CC1. The molecule has 5 unspecified atom stereocenters. The highest BCUT2D eigenvalue weighted by atomic mass is 16.6. The van der Waals surface area contributed by atoms with Gasteiger partial charge in [-0.3, -0.25) is 14.7 Å². The van der Waals surface area contributed by atoms with Gasteiger partial charge in [0.1, 0.15) is 5.60 Å². The highest BCUT2D eigenvalue weighted by molar-refractivity contribution is 5.68. The smallest absolute Gasteiger partial charge is 0.410 e. The molecule has 8 heteroatoms. The molecule has 8 nitrogen and oxygen atoms in total. The van der Waals surface area contributed by atoms with Crippen LogP contribution in [0.15, 0.2) is 0 Å². The number of likely N-dealkylation sites (N-methyl/N-ethyl adjacent to an activating group) is 3. The van der Waals surface area contributed by atoms with Crippen LogP contribution in [0.3, 0.4) is 0 Å². The number of carbonyl (C=O) groups excluding carboxylic acids is 1. The van der Waals surface area contributed by atoms with Crippen LogP contribution in [0, 0.1) is 5.92 Å². The van der Waals surface area contributed by atoms with Crippen molar-refractivity contribution in [3.05, 3.63) is 0 Å². The first-order valence-electron chi connectivity index (χ1n) is 13.1. The predicted octanol–water partition coefficient (Wildman–Crippen LogP) is 1.39. The summed E-state index contributed by atoms with van der Waals surface area (Å²) in [5.41, 5.74) is -0.461. The van der Waals surface area contributed by atoms with E-state index in [1.54, 1.807) is 0 Å². The van der Waals surface area contributed by atoms with Crippen molar-refractivity contribution >= 4 is 6.09 Å². The fourth-order valence-electron chi connectivity index (χ4n) is 6.67. The molecule has 1 saturated carbocycles. The molecule has 0 aromatic carbocycles. The highest BCUT2D eigenvalue weighted by Gasteiger charge is 2.45. The predicted molar refractivity (Wildman–Crippen MR) is 130 cm³/mol. The van der Waals surface area contributed by atoms with Gasteiger partial charge in [-0.25, -0.2) is 4.79 Å². The molecule has 1 N–H and O–H groups in total. The van der Waals surface area contributed by atoms with E-state index in [2.05, 4.69) is 47.5 Å². The molecule has 0 spiro atoms. The molecule has 33 heavy (non-hydrogen) atoms. The standard InChI is InChI=1S/C25H47N5O3/c1-25(2,16-19-7-6-8-20(15-19)29-12-9-26(3)10-13-29)33-24(32)30-14-11-27(4)21(17-30)23-22(31)18-28(23)5/h19-23,31H,6-18H2,1-5H3. The summed E-state index contributed by atoms with van der Waals surface area (Å²) in [4.78, 5) is 24.6. The molecule has 3 heterocycles. The van der Waals surface area contributed by atoms with Crippen molar-refractivity contribution < 1.29 is 14.6 Å². The van der Waals surface area contributed by atoms with Crippen molar-refractivity contribution in [1.29, 1.82) is 0 Å². The first-order chi connectivity index (χ1) is 15.6. The summed E-state index contributed by atoms with van der Waals surface area (Å²) >= 11 is 0. The summed E-state index contributed by atoms with van der Waals surface area (Å²) in [6, 6.07) is 0.923. The van der Waals surface area contributed by atoms with E-state index in [0.29, 0.717) is 31.6 Å². The number of rotatable bonds is 5. The molecule has 1 aliphatic carbocycles. The number of hydrogen-bond acceptors (Lipinski definition) is 7. The van der Waals surface area contributed by atoms with Crippen LogP contribution >= 0.6 is 0 Å². The third kappa shape index (κ3) is 6.01. The number of piperazine rings is 2. The lowest BCUT2D eigenvalue weighted by atomic mass is 9.79. The molecule has 5 atom stereocenters. The average Bonchev–Trinajstić information content (AvgIpc) is 2.75. The maximum absolute atomic E-state index is 13.1. The van der Waals surface area contributed by atoms with Gasteiger partial charge in [0.2, 0.25) is 0 Å². The van der Waals surface area contributed by atoms with Crippen molar-refractivity contribution in [2.45, 2.75) is 75.8 Å². The van der Waals surface area contributed by atoms with Gasteiger partial charge >= 0.3 is 6.09 Å². The van der Waals surface area contributed by atoms with Crippen LogP contribution in [0.1, 0.15) is 46.0 Å². The molecule has 4 rings (SSSR count). The quantitative estimate of drug-likeness (QED) is 0.658. The number of β-amino-alcohol motifs (C(OH)–C–C–N with tert-alkyl or cyclic N) is 1. The molecular weight excluding hydrogens is 418 g/mol. The first kappa shape index (κ1) is 25.2. The van der Waals surface area contributed by atoms with Gasteiger partial charge in [0.05, 0.1) is 12.1 Å². The van der Waals surface area contributed by atoms with Gasteiger partial charge < -0.3 is 19.6 Å². The Morgan fingerprint density at radius 3 is 2.36 bits per heavy atom. The van der Waals surface area contributed by atoms with Gasteiger partial charge in [-0.2, -0.15) is 0 Å². The Labute approximate surface area is 200 Å². The molecule has 0 aromatic rings. The normalized spacial score (nSPS) is 35.9. The Morgan fingerprint density at radius 1 is 0.970 bits per heavy atom. The zero-order valence-corrected chi connectivity index (χ0v) is 21.6. The number of aliphatic hydroxyl groups is 1. The number of hydrogen-bond donors (Lipinski definition) is 1. The third-order valence-corrected chi connectivity index (χ3v) is 8.68. The summed E-state index contributed by atoms with van der Waals surface area (Å²) in [6.45, 7) is 11.7. The Bertz CT molecular complexity index is 660. The van der Waals surface area contributed by atoms with Crippen molar-refractivity contribution in [3.8, 4) is 0 Å². The summed E-state index contributed by atoms with van der Waals surface area (Å²) in [5.74, 6) is 0.616. The van der Waals surface area contributed by atoms with E-state index in [9.17, 15) is 9.90 Å². The Kier molecular flexibility index (Phi) is 7.90. The monoisotopic (exact) mass is 465 g/mol. The van der Waals surface area contributed by atoms with Crippen LogP contribution in [0.4, 0.5) is 4.79 Å². The summed E-state index contributed by atoms with van der Waals surface area (Å²) in [5, 5.41) is 10.3. The minimum absolute atomic E-state index is 0.0901. The molecule has 0 aromatic heterocycles. The molecule has 190 valence electrons. The molecule has 3 aliphatic heterocycles. The van der Waals surface area contributed by atoms with Gasteiger partial charge in [0.25, 0.3) is 0 Å². The minimum Gasteiger partial charge on any atom is -0.443 e. The second-order valence-electron chi connectivity index (χ2n) is 11.8. The highest BCUT2D eigenvalue weighted by Crippen LogP contribution is 2.35. The lowest BCUT2D eigenvalue weighted by Gasteiger charge is -2.52. The van der Waals surface area contributed by atoms with E-state index >= 15 is 0 Å². The number of aliphatic hydroxyl groups excluding tert-OH is 1. The summed E-state index contributed by atoms with van der Waals surface area (Å²) in [6.07, 6.45) is 5.49. The molecule has 4 fully saturated rings. The zero-order valence-electron chi connectivity index (χ0n) is 21.6. The van der Waals surface area contributed by atoms with Crippen LogP contribution in [0.25, 0.3) is 0 Å². The minimum atomic E-state index is -0.461. The van der Waals surface area contributed by atoms with Gasteiger partial charge in [0.15, 0.2) is 0 Å². The average molecular weight is 466 g/mol. The summed E-state index contributed by atoms with van der Waals surface area (Å²) in [7, 11) is 6.36. The number of ether oxygens (including phenoxy) is 1.